The quantitative estimate of drug-likeness (QED) is 0.550. The molecule has 0 amide bonds. The van der Waals surface area contributed by atoms with Crippen molar-refractivity contribution in [2.75, 3.05) is 0 Å². The molecule has 0 bridgehead atoms. The third kappa shape index (κ3) is 2.31. The zero-order chi connectivity index (χ0) is 9.14. The van der Waals surface area contributed by atoms with Crippen molar-refractivity contribution in [3.05, 3.63) is 23.8 Å². The Morgan fingerprint density at radius 3 is 2.50 bits per heavy atom. The van der Waals surface area contributed by atoms with E-state index in [-0.39, 0.29) is 16.9 Å². The van der Waals surface area contributed by atoms with Gasteiger partial charge in [-0.2, -0.15) is 0 Å². The molecule has 1 aromatic rings. The Balaban J connectivity index is 2.82. The molecule has 0 fully saturated rings. The number of alkyl halides is 1. The molecule has 66 valence electrons. The molecule has 0 saturated heterocycles. The second-order valence-corrected chi connectivity index (χ2v) is 3.55. The lowest BCUT2D eigenvalue weighted by molar-refractivity contribution is 0.403. The van der Waals surface area contributed by atoms with Crippen LogP contribution in [0.2, 0.25) is 0 Å². The third-order valence-electron chi connectivity index (χ3n) is 1.56. The molecule has 2 N–H and O–H groups in total. The van der Waals surface area contributed by atoms with Gasteiger partial charge in [-0.25, -0.2) is 0 Å². The minimum atomic E-state index is -0.0963. The molecular formula is C9H11ClO2. The van der Waals surface area contributed by atoms with Crippen LogP contribution >= 0.6 is 11.6 Å². The minimum Gasteiger partial charge on any atom is -0.504 e. The van der Waals surface area contributed by atoms with Crippen LogP contribution in [0.4, 0.5) is 0 Å². The first-order valence-electron chi connectivity index (χ1n) is 3.74. The van der Waals surface area contributed by atoms with E-state index in [2.05, 4.69) is 0 Å². The molecule has 2 nitrogen and oxygen atoms in total. The van der Waals surface area contributed by atoms with Crippen molar-refractivity contribution in [3.8, 4) is 11.5 Å². The Morgan fingerprint density at radius 2 is 2.00 bits per heavy atom. The van der Waals surface area contributed by atoms with Crippen LogP contribution in [0.5, 0.6) is 11.5 Å². The van der Waals surface area contributed by atoms with Crippen LogP contribution in [0, 0.1) is 0 Å². The second-order valence-electron chi connectivity index (χ2n) is 2.81. The Labute approximate surface area is 76.4 Å². The van der Waals surface area contributed by atoms with Crippen LogP contribution in [0.1, 0.15) is 12.5 Å². The molecule has 0 aromatic heterocycles. The van der Waals surface area contributed by atoms with Gasteiger partial charge in [-0.05, 0) is 31.0 Å². The molecule has 0 saturated carbocycles. The lowest BCUT2D eigenvalue weighted by Gasteiger charge is -2.04. The van der Waals surface area contributed by atoms with Gasteiger partial charge in [0.25, 0.3) is 0 Å². The van der Waals surface area contributed by atoms with Crippen LogP contribution < -0.4 is 0 Å². The fourth-order valence-electron chi connectivity index (χ4n) is 1.02. The number of aromatic hydroxyl groups is 2. The van der Waals surface area contributed by atoms with Gasteiger partial charge in [0, 0.05) is 5.38 Å². The van der Waals surface area contributed by atoms with Crippen LogP contribution in [0.15, 0.2) is 18.2 Å². The minimum absolute atomic E-state index is 0.0361. The van der Waals surface area contributed by atoms with Gasteiger partial charge in [-0.3, -0.25) is 0 Å². The van der Waals surface area contributed by atoms with E-state index < -0.39 is 0 Å². The standard InChI is InChI=1S/C9H11ClO2/c1-6(10)4-7-2-3-8(11)9(12)5-7/h2-3,5-6,11-12H,4H2,1H3/t6-/m1/s1. The summed E-state index contributed by atoms with van der Waals surface area (Å²) in [6.07, 6.45) is 0.690. The van der Waals surface area contributed by atoms with Gasteiger partial charge in [-0.1, -0.05) is 6.07 Å². The fraction of sp³-hybridized carbons (Fsp3) is 0.333. The summed E-state index contributed by atoms with van der Waals surface area (Å²) in [6, 6.07) is 4.73. The van der Waals surface area contributed by atoms with Crippen LogP contribution in [0.25, 0.3) is 0 Å². The van der Waals surface area contributed by atoms with E-state index in [9.17, 15) is 0 Å². The molecule has 0 aliphatic heterocycles. The topological polar surface area (TPSA) is 40.5 Å². The van der Waals surface area contributed by atoms with Gasteiger partial charge in [0.1, 0.15) is 0 Å². The first-order chi connectivity index (χ1) is 5.59. The van der Waals surface area contributed by atoms with Crippen LogP contribution in [0.3, 0.4) is 0 Å². The van der Waals surface area contributed by atoms with Gasteiger partial charge in [0.05, 0.1) is 0 Å². The summed E-state index contributed by atoms with van der Waals surface area (Å²) in [4.78, 5) is 0. The molecule has 1 aromatic carbocycles. The number of hydrogen-bond donors (Lipinski definition) is 2. The molecule has 0 aliphatic rings. The van der Waals surface area contributed by atoms with E-state index in [1.807, 2.05) is 6.92 Å². The molecule has 0 radical (unpaired) electrons. The molecule has 12 heavy (non-hydrogen) atoms. The Kier molecular flexibility index (Phi) is 2.82. The van der Waals surface area contributed by atoms with E-state index in [0.29, 0.717) is 6.42 Å². The average Bonchev–Trinajstić information content (AvgIpc) is 1.96. The van der Waals surface area contributed by atoms with Crippen molar-refractivity contribution >= 4 is 11.6 Å². The molecule has 0 heterocycles. The highest BCUT2D eigenvalue weighted by Crippen LogP contribution is 2.25. The maximum absolute atomic E-state index is 9.12. The summed E-state index contributed by atoms with van der Waals surface area (Å²) in [5, 5.41) is 18.2. The molecular weight excluding hydrogens is 176 g/mol. The van der Waals surface area contributed by atoms with Crippen molar-refractivity contribution in [1.82, 2.24) is 0 Å². The largest absolute Gasteiger partial charge is 0.504 e. The number of phenolic OH excluding ortho intramolecular Hbond substituents is 2. The Hall–Kier alpha value is -0.890. The van der Waals surface area contributed by atoms with Crippen molar-refractivity contribution in [1.29, 1.82) is 0 Å². The summed E-state index contributed by atoms with van der Waals surface area (Å²) in [5.41, 5.74) is 0.924. The lowest BCUT2D eigenvalue weighted by atomic mass is 10.1. The number of halogens is 1. The average molecular weight is 187 g/mol. The van der Waals surface area contributed by atoms with E-state index in [4.69, 9.17) is 21.8 Å². The molecule has 0 unspecified atom stereocenters. The summed E-state index contributed by atoms with van der Waals surface area (Å²) in [7, 11) is 0. The Bertz CT molecular complexity index is 271. The lowest BCUT2D eigenvalue weighted by Crippen LogP contribution is -1.96. The molecule has 1 rings (SSSR count). The SMILES string of the molecule is C[C@@H](Cl)Cc1ccc(O)c(O)c1. The zero-order valence-electron chi connectivity index (χ0n) is 6.79. The first-order valence-corrected chi connectivity index (χ1v) is 4.18. The van der Waals surface area contributed by atoms with E-state index in [1.165, 1.54) is 12.1 Å². The molecule has 0 spiro atoms. The summed E-state index contributed by atoms with van der Waals surface area (Å²) in [6.45, 7) is 1.88. The second kappa shape index (κ2) is 3.68. The van der Waals surface area contributed by atoms with E-state index in [1.54, 1.807) is 6.07 Å². The van der Waals surface area contributed by atoms with E-state index in [0.717, 1.165) is 5.56 Å². The van der Waals surface area contributed by atoms with Crippen LogP contribution in [-0.2, 0) is 6.42 Å². The number of benzene rings is 1. The summed E-state index contributed by atoms with van der Waals surface area (Å²) < 4.78 is 0. The van der Waals surface area contributed by atoms with Gasteiger partial charge in [0.15, 0.2) is 11.5 Å². The normalized spacial score (nSPS) is 12.8. The van der Waals surface area contributed by atoms with Crippen molar-refractivity contribution in [2.24, 2.45) is 0 Å². The first kappa shape index (κ1) is 9.20. The van der Waals surface area contributed by atoms with Crippen molar-refractivity contribution in [2.45, 2.75) is 18.7 Å². The van der Waals surface area contributed by atoms with Crippen LogP contribution in [-0.4, -0.2) is 15.6 Å². The maximum Gasteiger partial charge on any atom is 0.157 e. The van der Waals surface area contributed by atoms with Crippen molar-refractivity contribution < 1.29 is 10.2 Å². The highest BCUT2D eigenvalue weighted by Gasteiger charge is 2.02. The number of rotatable bonds is 2. The predicted molar refractivity (Wildman–Crippen MR) is 48.8 cm³/mol. The number of phenols is 2. The van der Waals surface area contributed by atoms with Crippen molar-refractivity contribution in [3.63, 3.8) is 0 Å². The summed E-state index contributed by atoms with van der Waals surface area (Å²) >= 11 is 5.76. The van der Waals surface area contributed by atoms with Gasteiger partial charge >= 0.3 is 0 Å². The number of hydrogen-bond acceptors (Lipinski definition) is 2. The monoisotopic (exact) mass is 186 g/mol. The molecule has 0 aliphatic carbocycles. The fourth-order valence-corrected chi connectivity index (χ4v) is 1.20. The summed E-state index contributed by atoms with van der Waals surface area (Å²) in [5.74, 6) is -0.189. The predicted octanol–water partition coefficient (Wildman–Crippen LogP) is 2.27. The highest BCUT2D eigenvalue weighted by atomic mass is 35.5. The Morgan fingerprint density at radius 1 is 1.33 bits per heavy atom. The van der Waals surface area contributed by atoms with Gasteiger partial charge < -0.3 is 10.2 Å². The van der Waals surface area contributed by atoms with Gasteiger partial charge in [0.2, 0.25) is 0 Å². The van der Waals surface area contributed by atoms with E-state index >= 15 is 0 Å². The molecule has 1 atom stereocenters. The zero-order valence-corrected chi connectivity index (χ0v) is 7.54. The smallest absolute Gasteiger partial charge is 0.157 e. The van der Waals surface area contributed by atoms with Gasteiger partial charge in [-0.15, -0.1) is 11.6 Å². The molecule has 3 heteroatoms. The third-order valence-corrected chi connectivity index (χ3v) is 1.71. The maximum atomic E-state index is 9.12. The highest BCUT2D eigenvalue weighted by molar-refractivity contribution is 6.20.